The highest BCUT2D eigenvalue weighted by Crippen LogP contribution is 2.46. The number of hydrogen-bond donors (Lipinski definition) is 0. The normalized spacial score (nSPS) is 37.8. The summed E-state index contributed by atoms with van der Waals surface area (Å²) in [6, 6.07) is 2.13. The Balaban J connectivity index is 2.84. The molecule has 1 fully saturated rings. The van der Waals surface area contributed by atoms with Crippen LogP contribution in [-0.4, -0.2) is 6.04 Å². The summed E-state index contributed by atoms with van der Waals surface area (Å²) in [5.74, 6) is 0. The smallest absolute Gasteiger partial charge is 0.0939 e. The van der Waals surface area contributed by atoms with Crippen LogP contribution in [0.2, 0.25) is 0 Å². The largest absolute Gasteiger partial charge is 0.198 e. The summed E-state index contributed by atoms with van der Waals surface area (Å²) in [6.07, 6.45) is 2.30. The summed E-state index contributed by atoms with van der Waals surface area (Å²) in [4.78, 5) is 10.5. The van der Waals surface area contributed by atoms with E-state index in [1.54, 1.807) is 0 Å². The van der Waals surface area contributed by atoms with Crippen LogP contribution in [0.25, 0.3) is 0 Å². The maximum atomic E-state index is 10.5. The number of hydrogen-bond acceptors (Lipinski definition) is 3. The van der Waals surface area contributed by atoms with Gasteiger partial charge in [-0.3, -0.25) is 0 Å². The standard InChI is InChI=1S/C10H16N2O/c1-9(2)4-8(12-13)5-10(3,6-9)7-11/h8H,4-6H2,1-3H3. The monoisotopic (exact) mass is 180 g/mol. The van der Waals surface area contributed by atoms with Gasteiger partial charge in [-0.2, -0.15) is 10.2 Å². The van der Waals surface area contributed by atoms with Crippen molar-refractivity contribution >= 4 is 0 Å². The molecule has 0 radical (unpaired) electrons. The van der Waals surface area contributed by atoms with Gasteiger partial charge in [0.25, 0.3) is 0 Å². The predicted octanol–water partition coefficient (Wildman–Crippen LogP) is 2.86. The van der Waals surface area contributed by atoms with Crippen LogP contribution in [0.4, 0.5) is 0 Å². The molecule has 1 aliphatic carbocycles. The highest BCUT2D eigenvalue weighted by molar-refractivity contribution is 5.05. The van der Waals surface area contributed by atoms with Crippen molar-refractivity contribution in [2.24, 2.45) is 16.0 Å². The minimum absolute atomic E-state index is 0.0707. The minimum atomic E-state index is -0.361. The minimum Gasteiger partial charge on any atom is -0.198 e. The molecular formula is C10H16N2O. The van der Waals surface area contributed by atoms with Gasteiger partial charge in [0.2, 0.25) is 0 Å². The molecule has 2 unspecified atom stereocenters. The van der Waals surface area contributed by atoms with Crippen LogP contribution < -0.4 is 0 Å². The number of nitriles is 1. The zero-order valence-corrected chi connectivity index (χ0v) is 8.50. The molecule has 13 heavy (non-hydrogen) atoms. The first-order valence-corrected chi connectivity index (χ1v) is 4.65. The molecular weight excluding hydrogens is 164 g/mol. The molecule has 0 bridgehead atoms. The Kier molecular flexibility index (Phi) is 2.42. The summed E-state index contributed by atoms with van der Waals surface area (Å²) in [5.41, 5.74) is -0.290. The number of nitroso groups, excluding NO2 is 1. The van der Waals surface area contributed by atoms with Crippen LogP contribution in [0.3, 0.4) is 0 Å². The zero-order valence-electron chi connectivity index (χ0n) is 8.50. The van der Waals surface area contributed by atoms with Crippen molar-refractivity contribution in [2.75, 3.05) is 0 Å². The van der Waals surface area contributed by atoms with Gasteiger partial charge in [-0.25, -0.2) is 0 Å². The second-order valence-electron chi connectivity index (χ2n) is 5.18. The average Bonchev–Trinajstić information content (AvgIpc) is 2.01. The lowest BCUT2D eigenvalue weighted by molar-refractivity contribution is 0.126. The highest BCUT2D eigenvalue weighted by Gasteiger charge is 2.42. The van der Waals surface area contributed by atoms with E-state index in [4.69, 9.17) is 5.26 Å². The molecule has 0 saturated heterocycles. The van der Waals surface area contributed by atoms with Gasteiger partial charge >= 0.3 is 0 Å². The van der Waals surface area contributed by atoms with Crippen LogP contribution in [0.1, 0.15) is 40.0 Å². The molecule has 3 heteroatoms. The van der Waals surface area contributed by atoms with Crippen LogP contribution >= 0.6 is 0 Å². The third-order valence-electron chi connectivity index (χ3n) is 2.76. The van der Waals surface area contributed by atoms with Crippen LogP contribution in [0, 0.1) is 27.1 Å². The molecule has 0 aliphatic heterocycles. The lowest BCUT2D eigenvalue weighted by Crippen LogP contribution is -2.36. The Morgan fingerprint density at radius 2 is 2.00 bits per heavy atom. The van der Waals surface area contributed by atoms with Crippen molar-refractivity contribution < 1.29 is 0 Å². The molecule has 0 amide bonds. The Morgan fingerprint density at radius 1 is 1.38 bits per heavy atom. The van der Waals surface area contributed by atoms with Crippen molar-refractivity contribution in [1.29, 1.82) is 5.26 Å². The average molecular weight is 180 g/mol. The van der Waals surface area contributed by atoms with Gasteiger partial charge in [0.1, 0.15) is 0 Å². The van der Waals surface area contributed by atoms with E-state index in [2.05, 4.69) is 25.1 Å². The van der Waals surface area contributed by atoms with E-state index in [0.717, 1.165) is 12.8 Å². The maximum absolute atomic E-state index is 10.5. The molecule has 0 heterocycles. The first-order valence-electron chi connectivity index (χ1n) is 4.65. The van der Waals surface area contributed by atoms with Crippen molar-refractivity contribution in [3.63, 3.8) is 0 Å². The molecule has 1 rings (SSSR count). The molecule has 0 aromatic carbocycles. The van der Waals surface area contributed by atoms with Gasteiger partial charge < -0.3 is 0 Å². The van der Waals surface area contributed by atoms with Crippen LogP contribution in [0.5, 0.6) is 0 Å². The van der Waals surface area contributed by atoms with Crippen molar-refractivity contribution in [1.82, 2.24) is 0 Å². The molecule has 2 atom stereocenters. The third kappa shape index (κ3) is 2.27. The van der Waals surface area contributed by atoms with E-state index in [1.165, 1.54) is 0 Å². The molecule has 1 aliphatic rings. The van der Waals surface area contributed by atoms with E-state index < -0.39 is 0 Å². The van der Waals surface area contributed by atoms with Gasteiger partial charge in [0, 0.05) is 0 Å². The Morgan fingerprint density at radius 3 is 2.46 bits per heavy atom. The second-order valence-corrected chi connectivity index (χ2v) is 5.18. The molecule has 0 N–H and O–H groups in total. The fraction of sp³-hybridized carbons (Fsp3) is 0.900. The van der Waals surface area contributed by atoms with Gasteiger partial charge in [0.05, 0.1) is 17.5 Å². The molecule has 0 aromatic rings. The Bertz CT molecular complexity index is 254. The summed E-state index contributed by atoms with van der Waals surface area (Å²) in [5, 5.41) is 12.1. The van der Waals surface area contributed by atoms with Gasteiger partial charge in [-0.1, -0.05) is 19.0 Å². The van der Waals surface area contributed by atoms with E-state index >= 15 is 0 Å². The Hall–Kier alpha value is -0.910. The first kappa shape index (κ1) is 10.2. The fourth-order valence-corrected chi connectivity index (χ4v) is 2.59. The second kappa shape index (κ2) is 3.10. The van der Waals surface area contributed by atoms with Crippen LogP contribution in [-0.2, 0) is 0 Å². The Labute approximate surface area is 79.1 Å². The lowest BCUT2D eigenvalue weighted by Gasteiger charge is -2.40. The fourth-order valence-electron chi connectivity index (χ4n) is 2.59. The lowest BCUT2D eigenvalue weighted by atomic mass is 9.63. The van der Waals surface area contributed by atoms with E-state index in [9.17, 15) is 4.91 Å². The van der Waals surface area contributed by atoms with Gasteiger partial charge in [0.15, 0.2) is 0 Å². The topological polar surface area (TPSA) is 53.2 Å². The molecule has 1 saturated carbocycles. The quantitative estimate of drug-likeness (QED) is 0.582. The van der Waals surface area contributed by atoms with Crippen molar-refractivity contribution in [2.45, 2.75) is 46.1 Å². The molecule has 0 aromatic heterocycles. The maximum Gasteiger partial charge on any atom is 0.0939 e. The van der Waals surface area contributed by atoms with Gasteiger partial charge in [-0.05, 0) is 31.6 Å². The van der Waals surface area contributed by atoms with E-state index in [0.29, 0.717) is 6.42 Å². The highest BCUT2D eigenvalue weighted by atomic mass is 16.3. The SMILES string of the molecule is CC1(C)CC(N=O)CC(C)(C#N)C1. The van der Waals surface area contributed by atoms with Crippen molar-refractivity contribution in [3.8, 4) is 6.07 Å². The number of rotatable bonds is 1. The summed E-state index contributed by atoms with van der Waals surface area (Å²) < 4.78 is 0. The molecule has 72 valence electrons. The molecule has 3 nitrogen and oxygen atoms in total. The van der Waals surface area contributed by atoms with Gasteiger partial charge in [-0.15, -0.1) is 0 Å². The summed E-state index contributed by atoms with van der Waals surface area (Å²) in [6.45, 7) is 6.12. The first-order chi connectivity index (χ1) is 5.91. The van der Waals surface area contributed by atoms with E-state index in [1.807, 2.05) is 6.92 Å². The van der Waals surface area contributed by atoms with Crippen LogP contribution in [0.15, 0.2) is 5.18 Å². The zero-order chi connectivity index (χ0) is 10.1. The summed E-state index contributed by atoms with van der Waals surface area (Å²) in [7, 11) is 0. The number of nitrogens with zero attached hydrogens (tertiary/aromatic N) is 2. The third-order valence-corrected chi connectivity index (χ3v) is 2.76. The summed E-state index contributed by atoms with van der Waals surface area (Å²) >= 11 is 0. The predicted molar refractivity (Wildman–Crippen MR) is 50.9 cm³/mol. The van der Waals surface area contributed by atoms with Crippen molar-refractivity contribution in [3.05, 3.63) is 4.91 Å². The van der Waals surface area contributed by atoms with E-state index in [-0.39, 0.29) is 16.9 Å². The molecule has 0 spiro atoms.